The first-order valence-corrected chi connectivity index (χ1v) is 5.95. The highest BCUT2D eigenvalue weighted by Crippen LogP contribution is 2.36. The van der Waals surface area contributed by atoms with Gasteiger partial charge < -0.3 is 0 Å². The van der Waals surface area contributed by atoms with Crippen LogP contribution in [0.1, 0.15) is 39.0 Å². The van der Waals surface area contributed by atoms with Gasteiger partial charge in [-0.1, -0.05) is 6.58 Å². The summed E-state index contributed by atoms with van der Waals surface area (Å²) in [5.74, 6) is 1.84. The van der Waals surface area contributed by atoms with E-state index in [9.17, 15) is 0 Å². The molecule has 0 N–H and O–H groups in total. The molecule has 0 spiro atoms. The Morgan fingerprint density at radius 1 is 1.33 bits per heavy atom. The van der Waals surface area contributed by atoms with Gasteiger partial charge in [-0.2, -0.15) is 0 Å². The second kappa shape index (κ2) is 5.49. The molecule has 1 atom stereocenters. The Bertz CT molecular complexity index is 232. The minimum absolute atomic E-state index is 0.385. The summed E-state index contributed by atoms with van der Waals surface area (Å²) in [7, 11) is 5.64. The maximum Gasteiger partial charge on any atom is 0.113 e. The van der Waals surface area contributed by atoms with Crippen molar-refractivity contribution in [2.75, 3.05) is 0 Å². The van der Waals surface area contributed by atoms with Gasteiger partial charge in [-0.25, -0.2) is 0 Å². The fourth-order valence-electron chi connectivity index (χ4n) is 2.51. The molecule has 1 saturated carbocycles. The highest BCUT2D eigenvalue weighted by molar-refractivity contribution is 6.21. The fraction of sp³-hybridized carbons (Fsp3) is 0.643. The maximum absolute atomic E-state index is 5.64. The summed E-state index contributed by atoms with van der Waals surface area (Å²) in [6, 6.07) is 0. The highest BCUT2D eigenvalue weighted by atomic mass is 14.3. The molecule has 2 radical (unpaired) electrons. The first-order valence-electron chi connectivity index (χ1n) is 5.95. The second-order valence-electron chi connectivity index (χ2n) is 5.06. The molecule has 1 heteroatoms. The molecule has 0 amide bonds. The third kappa shape index (κ3) is 3.81. The molecule has 0 saturated heterocycles. The third-order valence-electron chi connectivity index (χ3n) is 3.55. The summed E-state index contributed by atoms with van der Waals surface area (Å²) in [4.78, 5) is 0. The second-order valence-corrected chi connectivity index (χ2v) is 5.06. The molecule has 0 aliphatic heterocycles. The van der Waals surface area contributed by atoms with Crippen molar-refractivity contribution in [3.63, 3.8) is 0 Å². The zero-order valence-corrected chi connectivity index (χ0v) is 9.97. The summed E-state index contributed by atoms with van der Waals surface area (Å²) in [5.41, 5.74) is 2.17. The Kier molecular flexibility index (Phi) is 4.57. The smallest absolute Gasteiger partial charge is 0.113 e. The first kappa shape index (κ1) is 12.5. The van der Waals surface area contributed by atoms with Gasteiger partial charge in [0.05, 0.1) is 6.92 Å². The van der Waals surface area contributed by atoms with Crippen LogP contribution in [0.2, 0.25) is 0 Å². The molecule has 0 aromatic carbocycles. The Morgan fingerprint density at radius 3 is 2.27 bits per heavy atom. The molecule has 1 aliphatic carbocycles. The minimum Gasteiger partial charge on any atom is -0.124 e. The van der Waals surface area contributed by atoms with Gasteiger partial charge in [-0.15, -0.1) is 12.1 Å². The Labute approximate surface area is 96.3 Å². The van der Waals surface area contributed by atoms with Crippen LogP contribution < -0.4 is 0 Å². The Balaban J connectivity index is 2.35. The van der Waals surface area contributed by atoms with Gasteiger partial charge in [0.15, 0.2) is 0 Å². The van der Waals surface area contributed by atoms with E-state index >= 15 is 0 Å². The number of rotatable bonds is 4. The van der Waals surface area contributed by atoms with Gasteiger partial charge in [-0.05, 0) is 56.4 Å². The monoisotopic (exact) mass is 201 g/mol. The van der Waals surface area contributed by atoms with E-state index < -0.39 is 0 Å². The lowest BCUT2D eigenvalue weighted by Gasteiger charge is -2.30. The van der Waals surface area contributed by atoms with Crippen molar-refractivity contribution in [3.8, 4) is 0 Å². The predicted molar refractivity (Wildman–Crippen MR) is 68.6 cm³/mol. The summed E-state index contributed by atoms with van der Waals surface area (Å²) in [6.07, 6.45) is 6.06. The van der Waals surface area contributed by atoms with E-state index in [1.54, 1.807) is 0 Å². The van der Waals surface area contributed by atoms with Crippen LogP contribution in [0, 0.1) is 24.7 Å². The van der Waals surface area contributed by atoms with Crippen LogP contribution in [-0.4, -0.2) is 7.85 Å². The molecular weight excluding hydrogens is 179 g/mol. The van der Waals surface area contributed by atoms with Gasteiger partial charge in [0.2, 0.25) is 0 Å². The summed E-state index contributed by atoms with van der Waals surface area (Å²) < 4.78 is 0. The van der Waals surface area contributed by atoms with Crippen molar-refractivity contribution < 1.29 is 0 Å². The van der Waals surface area contributed by atoms with Crippen LogP contribution in [-0.2, 0) is 0 Å². The van der Waals surface area contributed by atoms with Crippen molar-refractivity contribution >= 4 is 7.85 Å². The number of hydrogen-bond acceptors (Lipinski definition) is 0. The van der Waals surface area contributed by atoms with Gasteiger partial charge in [0.1, 0.15) is 13.8 Å². The Morgan fingerprint density at radius 2 is 1.87 bits per heavy atom. The maximum atomic E-state index is 5.64. The largest absolute Gasteiger partial charge is 0.124 e. The number of hydrogen-bond donors (Lipinski definition) is 0. The van der Waals surface area contributed by atoms with Gasteiger partial charge in [0.25, 0.3) is 0 Å². The zero-order valence-electron chi connectivity index (χ0n) is 9.97. The third-order valence-corrected chi connectivity index (χ3v) is 3.55. The molecule has 1 fully saturated rings. The SMILES string of the molecule is [B]C(=C)CC1CCC(C(=C)C([CH2+])C)CC1. The lowest BCUT2D eigenvalue weighted by atomic mass is 9.73. The van der Waals surface area contributed by atoms with Crippen LogP contribution in [0.3, 0.4) is 0 Å². The van der Waals surface area contributed by atoms with Crippen LogP contribution >= 0.6 is 0 Å². The lowest BCUT2D eigenvalue weighted by molar-refractivity contribution is 0.295. The molecule has 80 valence electrons. The lowest BCUT2D eigenvalue weighted by Crippen LogP contribution is -2.18. The Hall–Kier alpha value is -0.585. The van der Waals surface area contributed by atoms with Crippen molar-refractivity contribution in [3.05, 3.63) is 31.1 Å². The molecule has 0 bridgehead atoms. The van der Waals surface area contributed by atoms with Crippen LogP contribution in [0.15, 0.2) is 24.2 Å². The average molecular weight is 201 g/mol. The van der Waals surface area contributed by atoms with Crippen LogP contribution in [0.5, 0.6) is 0 Å². The van der Waals surface area contributed by atoms with Gasteiger partial charge in [-0.3, -0.25) is 0 Å². The van der Waals surface area contributed by atoms with Crippen molar-refractivity contribution in [1.82, 2.24) is 0 Å². The molecule has 1 rings (SSSR count). The molecular formula is C14H22B+. The molecule has 0 heterocycles. The molecule has 0 aromatic heterocycles. The van der Waals surface area contributed by atoms with E-state index in [2.05, 4.69) is 27.0 Å². The topological polar surface area (TPSA) is 0 Å². The van der Waals surface area contributed by atoms with E-state index in [0.29, 0.717) is 11.8 Å². The molecule has 1 aliphatic rings. The van der Waals surface area contributed by atoms with Crippen LogP contribution in [0.25, 0.3) is 0 Å². The van der Waals surface area contributed by atoms with E-state index in [-0.39, 0.29) is 0 Å². The van der Waals surface area contributed by atoms with E-state index in [4.69, 9.17) is 7.85 Å². The molecule has 1 unspecified atom stereocenters. The van der Waals surface area contributed by atoms with E-state index in [1.165, 1.54) is 31.3 Å². The zero-order chi connectivity index (χ0) is 11.4. The average Bonchev–Trinajstić information content (AvgIpc) is 2.17. The quantitative estimate of drug-likeness (QED) is 0.367. The number of allylic oxidation sites excluding steroid dienone is 2. The fourth-order valence-corrected chi connectivity index (χ4v) is 2.51. The van der Waals surface area contributed by atoms with E-state index in [1.807, 2.05) is 0 Å². The molecule has 0 aromatic rings. The molecule has 0 nitrogen and oxygen atoms in total. The highest BCUT2D eigenvalue weighted by Gasteiger charge is 2.25. The van der Waals surface area contributed by atoms with Gasteiger partial charge in [0, 0.05) is 0 Å². The van der Waals surface area contributed by atoms with Crippen molar-refractivity contribution in [1.29, 1.82) is 0 Å². The van der Waals surface area contributed by atoms with Crippen molar-refractivity contribution in [2.45, 2.75) is 39.0 Å². The normalized spacial score (nSPS) is 28.3. The molecule has 15 heavy (non-hydrogen) atoms. The van der Waals surface area contributed by atoms with E-state index in [0.717, 1.165) is 17.8 Å². The minimum atomic E-state index is 0.385. The summed E-state index contributed by atoms with van der Waals surface area (Å²) in [5, 5.41) is 0. The summed E-state index contributed by atoms with van der Waals surface area (Å²) in [6.45, 7) is 14.1. The standard InChI is InChI=1S/C14H22B/c1-10(2)12(4)14-7-5-13(6-8-14)9-11(3)15/h10,13-14H,1,3-9H2,2H3/q+1. The van der Waals surface area contributed by atoms with Crippen LogP contribution in [0.4, 0.5) is 0 Å². The van der Waals surface area contributed by atoms with Crippen molar-refractivity contribution in [2.24, 2.45) is 17.8 Å². The predicted octanol–water partition coefficient (Wildman–Crippen LogP) is 3.89. The van der Waals surface area contributed by atoms with Gasteiger partial charge >= 0.3 is 0 Å². The summed E-state index contributed by atoms with van der Waals surface area (Å²) >= 11 is 0. The first-order chi connectivity index (χ1) is 7.00.